The van der Waals surface area contributed by atoms with Gasteiger partial charge in [-0.15, -0.1) is 0 Å². The van der Waals surface area contributed by atoms with Crippen LogP contribution in [0.15, 0.2) is 24.4 Å². The fourth-order valence-electron chi connectivity index (χ4n) is 2.08. The summed E-state index contributed by atoms with van der Waals surface area (Å²) in [5.41, 5.74) is 1.86. The van der Waals surface area contributed by atoms with E-state index in [0.29, 0.717) is 16.5 Å². The van der Waals surface area contributed by atoms with Gasteiger partial charge in [0.05, 0.1) is 36.7 Å². The molecule has 0 spiro atoms. The fourth-order valence-corrected chi connectivity index (χ4v) is 2.29. The number of rotatable bonds is 5. The Bertz CT molecular complexity index is 598. The Hall–Kier alpha value is -1.88. The molecule has 1 aromatic heterocycles. The van der Waals surface area contributed by atoms with Crippen LogP contribution in [0.2, 0.25) is 5.02 Å². The van der Waals surface area contributed by atoms with Crippen LogP contribution < -0.4 is 14.8 Å². The van der Waals surface area contributed by atoms with Gasteiger partial charge in [-0.1, -0.05) is 11.6 Å². The van der Waals surface area contributed by atoms with E-state index in [0.717, 1.165) is 11.4 Å². The van der Waals surface area contributed by atoms with E-state index in [1.165, 1.54) is 0 Å². The van der Waals surface area contributed by atoms with E-state index in [-0.39, 0.29) is 6.04 Å². The van der Waals surface area contributed by atoms with Crippen LogP contribution in [0.5, 0.6) is 11.5 Å². The summed E-state index contributed by atoms with van der Waals surface area (Å²) in [6.45, 7) is 2.05. The molecule has 1 atom stereocenters. The summed E-state index contributed by atoms with van der Waals surface area (Å²) >= 11 is 6.26. The molecule has 1 N–H and O–H groups in total. The SMILES string of the molecule is COc1cc(Cl)c(NC(C)c2ccnn2C)cc1OC. The van der Waals surface area contributed by atoms with Crippen LogP contribution in [0.3, 0.4) is 0 Å². The van der Waals surface area contributed by atoms with E-state index in [4.69, 9.17) is 21.1 Å². The van der Waals surface area contributed by atoms with Crippen molar-refractivity contribution in [3.05, 3.63) is 35.1 Å². The van der Waals surface area contributed by atoms with Crippen molar-refractivity contribution in [1.82, 2.24) is 9.78 Å². The Labute approximate surface area is 123 Å². The molecule has 1 heterocycles. The molecule has 20 heavy (non-hydrogen) atoms. The molecular weight excluding hydrogens is 278 g/mol. The number of benzene rings is 1. The second-order valence-corrected chi connectivity index (χ2v) is 4.84. The first kappa shape index (κ1) is 14.5. The highest BCUT2D eigenvalue weighted by molar-refractivity contribution is 6.33. The highest BCUT2D eigenvalue weighted by Gasteiger charge is 2.14. The van der Waals surface area contributed by atoms with E-state index < -0.39 is 0 Å². The zero-order chi connectivity index (χ0) is 14.7. The van der Waals surface area contributed by atoms with Crippen LogP contribution in [0.1, 0.15) is 18.7 Å². The van der Waals surface area contributed by atoms with Gasteiger partial charge >= 0.3 is 0 Å². The van der Waals surface area contributed by atoms with E-state index in [1.54, 1.807) is 26.5 Å². The molecule has 0 fully saturated rings. The molecule has 1 aromatic carbocycles. The summed E-state index contributed by atoms with van der Waals surface area (Å²) in [4.78, 5) is 0. The summed E-state index contributed by atoms with van der Waals surface area (Å²) in [7, 11) is 5.09. The lowest BCUT2D eigenvalue weighted by atomic mass is 10.2. The molecule has 1 unspecified atom stereocenters. The highest BCUT2D eigenvalue weighted by atomic mass is 35.5. The van der Waals surface area contributed by atoms with Crippen molar-refractivity contribution in [1.29, 1.82) is 0 Å². The standard InChI is InChI=1S/C14H18ClN3O2/c1-9(12-5-6-16-18(12)2)17-11-8-14(20-4)13(19-3)7-10(11)15/h5-9,17H,1-4H3. The third-order valence-electron chi connectivity index (χ3n) is 3.15. The quantitative estimate of drug-likeness (QED) is 0.920. The first-order valence-electron chi connectivity index (χ1n) is 6.22. The average Bonchev–Trinajstić information content (AvgIpc) is 2.86. The number of nitrogens with one attached hydrogen (secondary N) is 1. The molecule has 5 nitrogen and oxygen atoms in total. The van der Waals surface area contributed by atoms with Crippen LogP contribution in [0, 0.1) is 0 Å². The number of aryl methyl sites for hydroxylation is 1. The summed E-state index contributed by atoms with van der Waals surface area (Å²) < 4.78 is 12.3. The Balaban J connectivity index is 2.27. The Morgan fingerprint density at radius 2 is 1.90 bits per heavy atom. The zero-order valence-electron chi connectivity index (χ0n) is 12.0. The Morgan fingerprint density at radius 1 is 1.25 bits per heavy atom. The van der Waals surface area contributed by atoms with Crippen LogP contribution in [0.4, 0.5) is 5.69 Å². The molecule has 0 saturated heterocycles. The highest BCUT2D eigenvalue weighted by Crippen LogP contribution is 2.37. The van der Waals surface area contributed by atoms with Crippen LogP contribution >= 0.6 is 11.6 Å². The van der Waals surface area contributed by atoms with Crippen LogP contribution in [-0.2, 0) is 7.05 Å². The molecule has 0 amide bonds. The average molecular weight is 296 g/mol. The third kappa shape index (κ3) is 2.82. The van der Waals surface area contributed by atoms with Crippen molar-refractivity contribution < 1.29 is 9.47 Å². The van der Waals surface area contributed by atoms with Crippen molar-refractivity contribution in [2.24, 2.45) is 7.05 Å². The minimum absolute atomic E-state index is 0.0677. The number of halogens is 1. The predicted molar refractivity (Wildman–Crippen MR) is 79.8 cm³/mol. The number of aromatic nitrogens is 2. The van der Waals surface area contributed by atoms with E-state index >= 15 is 0 Å². The second-order valence-electron chi connectivity index (χ2n) is 4.43. The van der Waals surface area contributed by atoms with Gasteiger partial charge in [0.15, 0.2) is 11.5 Å². The largest absolute Gasteiger partial charge is 0.493 e. The van der Waals surface area contributed by atoms with Gasteiger partial charge in [0.25, 0.3) is 0 Å². The number of anilines is 1. The third-order valence-corrected chi connectivity index (χ3v) is 3.46. The first-order chi connectivity index (χ1) is 9.56. The number of nitrogens with zero attached hydrogens (tertiary/aromatic N) is 2. The van der Waals surface area contributed by atoms with Gasteiger partial charge in [-0.2, -0.15) is 5.10 Å². The van der Waals surface area contributed by atoms with Gasteiger partial charge in [0.2, 0.25) is 0 Å². The molecular formula is C14H18ClN3O2. The molecule has 2 aromatic rings. The molecule has 0 radical (unpaired) electrons. The Kier molecular flexibility index (Phi) is 4.39. The van der Waals surface area contributed by atoms with Gasteiger partial charge in [-0.3, -0.25) is 4.68 Å². The van der Waals surface area contributed by atoms with Crippen molar-refractivity contribution in [2.75, 3.05) is 19.5 Å². The monoisotopic (exact) mass is 295 g/mol. The molecule has 0 bridgehead atoms. The lowest BCUT2D eigenvalue weighted by Gasteiger charge is -2.18. The topological polar surface area (TPSA) is 48.3 Å². The molecule has 6 heteroatoms. The maximum atomic E-state index is 6.26. The minimum atomic E-state index is 0.0677. The molecule has 2 rings (SSSR count). The van der Waals surface area contributed by atoms with Gasteiger partial charge in [0, 0.05) is 25.4 Å². The first-order valence-corrected chi connectivity index (χ1v) is 6.60. The maximum absolute atomic E-state index is 6.26. The van der Waals surface area contributed by atoms with Crippen LogP contribution in [-0.4, -0.2) is 24.0 Å². The second kappa shape index (κ2) is 6.05. The van der Waals surface area contributed by atoms with Gasteiger partial charge in [0.1, 0.15) is 0 Å². The lowest BCUT2D eigenvalue weighted by molar-refractivity contribution is 0.355. The van der Waals surface area contributed by atoms with E-state index in [1.807, 2.05) is 30.8 Å². The fraction of sp³-hybridized carbons (Fsp3) is 0.357. The van der Waals surface area contributed by atoms with Crippen molar-refractivity contribution in [3.63, 3.8) is 0 Å². The minimum Gasteiger partial charge on any atom is -0.493 e. The lowest BCUT2D eigenvalue weighted by Crippen LogP contribution is -2.11. The van der Waals surface area contributed by atoms with Crippen molar-refractivity contribution >= 4 is 17.3 Å². The molecule has 0 aliphatic carbocycles. The normalized spacial score (nSPS) is 12.1. The number of methoxy groups -OCH3 is 2. The maximum Gasteiger partial charge on any atom is 0.162 e. The molecule has 108 valence electrons. The number of hydrogen-bond acceptors (Lipinski definition) is 4. The molecule has 0 saturated carbocycles. The molecule has 0 aliphatic rings. The van der Waals surface area contributed by atoms with Crippen LogP contribution in [0.25, 0.3) is 0 Å². The van der Waals surface area contributed by atoms with Gasteiger partial charge in [-0.25, -0.2) is 0 Å². The number of ether oxygens (including phenoxy) is 2. The number of hydrogen-bond donors (Lipinski definition) is 1. The zero-order valence-corrected chi connectivity index (χ0v) is 12.7. The van der Waals surface area contributed by atoms with Crippen molar-refractivity contribution in [2.45, 2.75) is 13.0 Å². The summed E-state index contributed by atoms with van der Waals surface area (Å²) in [6.07, 6.45) is 1.77. The van der Waals surface area contributed by atoms with Gasteiger partial charge < -0.3 is 14.8 Å². The summed E-state index contributed by atoms with van der Waals surface area (Å²) in [5.74, 6) is 1.24. The van der Waals surface area contributed by atoms with Gasteiger partial charge in [-0.05, 0) is 13.0 Å². The van der Waals surface area contributed by atoms with E-state index in [9.17, 15) is 0 Å². The molecule has 0 aliphatic heterocycles. The van der Waals surface area contributed by atoms with E-state index in [2.05, 4.69) is 10.4 Å². The summed E-state index contributed by atoms with van der Waals surface area (Å²) in [6, 6.07) is 5.59. The Morgan fingerprint density at radius 3 is 2.45 bits per heavy atom. The van der Waals surface area contributed by atoms with Crippen molar-refractivity contribution in [3.8, 4) is 11.5 Å². The summed E-state index contributed by atoms with van der Waals surface area (Å²) in [5, 5.41) is 8.09. The predicted octanol–water partition coefficient (Wildman–Crippen LogP) is 3.26. The smallest absolute Gasteiger partial charge is 0.162 e.